The molecule has 0 radical (unpaired) electrons. The minimum atomic E-state index is -0.442. The topological polar surface area (TPSA) is 62.1 Å². The molecule has 84 valence electrons. The Hall–Kier alpha value is -1.86. The first-order valence-electron chi connectivity index (χ1n) is 4.91. The Morgan fingerprint density at radius 3 is 2.69 bits per heavy atom. The fraction of sp³-hybridized carbons (Fsp3) is 0.333. The molecular weight excluding hydrogens is 204 g/mol. The number of nitrogens with zero attached hydrogens (tertiary/aromatic N) is 1. The normalized spacial score (nSPS) is 10.6. The third-order valence-corrected chi connectivity index (χ3v) is 1.70. The molecule has 0 unspecified atom stereocenters. The van der Waals surface area contributed by atoms with Crippen LogP contribution in [0.15, 0.2) is 24.3 Å². The van der Waals surface area contributed by atoms with Crippen LogP contribution in [0.5, 0.6) is 0 Å². The highest BCUT2D eigenvalue weighted by Gasteiger charge is 2.13. The summed E-state index contributed by atoms with van der Waals surface area (Å²) in [5.41, 5.74) is 2.75. The fourth-order valence-electron chi connectivity index (χ4n) is 0.988. The monoisotopic (exact) mass is 218 g/mol. The van der Waals surface area contributed by atoms with Crippen molar-refractivity contribution in [3.05, 3.63) is 35.4 Å². The highest BCUT2D eigenvalue weighted by atomic mass is 16.7. The van der Waals surface area contributed by atoms with E-state index in [0.717, 1.165) is 0 Å². The van der Waals surface area contributed by atoms with Crippen LogP contribution in [0.4, 0.5) is 0 Å². The van der Waals surface area contributed by atoms with E-state index >= 15 is 0 Å². The highest BCUT2D eigenvalue weighted by molar-refractivity contribution is 5.93. The van der Waals surface area contributed by atoms with Crippen molar-refractivity contribution in [3.63, 3.8) is 0 Å². The second-order valence-corrected chi connectivity index (χ2v) is 4.34. The van der Waals surface area contributed by atoms with Gasteiger partial charge >= 0.3 is 0 Å². The minimum absolute atomic E-state index is 0.355. The van der Waals surface area contributed by atoms with Crippen LogP contribution in [-0.2, 0) is 4.84 Å². The summed E-state index contributed by atoms with van der Waals surface area (Å²) in [7, 11) is 0. The van der Waals surface area contributed by atoms with Gasteiger partial charge in [-0.15, -0.1) is 0 Å². The summed E-state index contributed by atoms with van der Waals surface area (Å²) in [6.07, 6.45) is 0. The zero-order valence-corrected chi connectivity index (χ0v) is 9.57. The number of nitrogens with one attached hydrogen (secondary N) is 1. The maximum Gasteiger partial charge on any atom is 0.274 e. The van der Waals surface area contributed by atoms with E-state index in [2.05, 4.69) is 5.48 Å². The third-order valence-electron chi connectivity index (χ3n) is 1.70. The van der Waals surface area contributed by atoms with Crippen molar-refractivity contribution >= 4 is 5.91 Å². The lowest BCUT2D eigenvalue weighted by molar-refractivity contribution is -0.0589. The van der Waals surface area contributed by atoms with Crippen molar-refractivity contribution in [2.45, 2.75) is 26.4 Å². The van der Waals surface area contributed by atoms with E-state index in [1.165, 1.54) is 6.07 Å². The molecule has 4 nitrogen and oxygen atoms in total. The number of hydrogen-bond donors (Lipinski definition) is 1. The summed E-state index contributed by atoms with van der Waals surface area (Å²) in [6, 6.07) is 8.41. The van der Waals surface area contributed by atoms with Gasteiger partial charge in [-0.3, -0.25) is 9.63 Å². The molecule has 4 heteroatoms. The zero-order chi connectivity index (χ0) is 12.2. The average molecular weight is 218 g/mol. The van der Waals surface area contributed by atoms with E-state index in [1.54, 1.807) is 18.2 Å². The molecule has 1 N–H and O–H groups in total. The quantitative estimate of drug-likeness (QED) is 0.772. The van der Waals surface area contributed by atoms with Gasteiger partial charge < -0.3 is 0 Å². The zero-order valence-electron chi connectivity index (χ0n) is 9.57. The number of hydroxylamine groups is 1. The largest absolute Gasteiger partial charge is 0.274 e. The van der Waals surface area contributed by atoms with Crippen LogP contribution in [0.2, 0.25) is 0 Å². The molecule has 1 rings (SSSR count). The van der Waals surface area contributed by atoms with E-state index in [9.17, 15) is 4.79 Å². The molecule has 0 fully saturated rings. The summed E-state index contributed by atoms with van der Waals surface area (Å²) >= 11 is 0. The molecule has 1 aromatic carbocycles. The molecule has 0 aliphatic carbocycles. The standard InChI is InChI=1S/C12H14N2O2/c1-12(2,3)16-14-11(15)10-6-4-5-9(7-10)8-13/h4-7H,1-3H3,(H,14,15). The molecule has 16 heavy (non-hydrogen) atoms. The predicted molar refractivity (Wildman–Crippen MR) is 59.5 cm³/mol. The molecule has 0 spiro atoms. The smallest absolute Gasteiger partial charge is 0.268 e. The second-order valence-electron chi connectivity index (χ2n) is 4.34. The molecule has 0 saturated carbocycles. The molecule has 1 aromatic rings. The average Bonchev–Trinajstić information content (AvgIpc) is 2.25. The molecular formula is C12H14N2O2. The van der Waals surface area contributed by atoms with Crippen LogP contribution < -0.4 is 5.48 Å². The summed E-state index contributed by atoms with van der Waals surface area (Å²) in [5.74, 6) is -0.355. The Labute approximate surface area is 94.8 Å². The van der Waals surface area contributed by atoms with Gasteiger partial charge in [0.05, 0.1) is 17.2 Å². The Bertz CT molecular complexity index is 427. The van der Waals surface area contributed by atoms with Crippen molar-refractivity contribution in [1.29, 1.82) is 5.26 Å². The molecule has 0 saturated heterocycles. The van der Waals surface area contributed by atoms with E-state index in [4.69, 9.17) is 10.1 Å². The lowest BCUT2D eigenvalue weighted by Crippen LogP contribution is -2.33. The summed E-state index contributed by atoms with van der Waals surface area (Å²) in [5, 5.41) is 8.69. The Balaban J connectivity index is 2.71. The van der Waals surface area contributed by atoms with E-state index in [1.807, 2.05) is 26.8 Å². The SMILES string of the molecule is CC(C)(C)ONC(=O)c1cccc(C#N)c1. The van der Waals surface area contributed by atoms with Gasteiger partial charge in [0.25, 0.3) is 5.91 Å². The van der Waals surface area contributed by atoms with Crippen molar-refractivity contribution < 1.29 is 9.63 Å². The molecule has 0 aliphatic heterocycles. The van der Waals surface area contributed by atoms with Crippen LogP contribution >= 0.6 is 0 Å². The second kappa shape index (κ2) is 4.77. The molecule has 0 aromatic heterocycles. The molecule has 0 aliphatic rings. The van der Waals surface area contributed by atoms with Crippen molar-refractivity contribution in [2.24, 2.45) is 0 Å². The maximum atomic E-state index is 11.6. The van der Waals surface area contributed by atoms with E-state index in [0.29, 0.717) is 11.1 Å². The fourth-order valence-corrected chi connectivity index (χ4v) is 0.988. The van der Waals surface area contributed by atoms with E-state index < -0.39 is 5.60 Å². The Kier molecular flexibility index (Phi) is 3.64. The van der Waals surface area contributed by atoms with Gasteiger partial charge in [-0.05, 0) is 39.0 Å². The lowest BCUT2D eigenvalue weighted by Gasteiger charge is -2.18. The van der Waals surface area contributed by atoms with Gasteiger partial charge in [0.15, 0.2) is 0 Å². The Morgan fingerprint density at radius 1 is 1.44 bits per heavy atom. The Morgan fingerprint density at radius 2 is 2.12 bits per heavy atom. The number of amides is 1. The first kappa shape index (κ1) is 12.2. The maximum absolute atomic E-state index is 11.6. The molecule has 0 bridgehead atoms. The van der Waals surface area contributed by atoms with Gasteiger partial charge in [0, 0.05) is 5.56 Å². The van der Waals surface area contributed by atoms with Gasteiger partial charge in [0.1, 0.15) is 0 Å². The number of carbonyl (C=O) groups is 1. The van der Waals surface area contributed by atoms with Crippen LogP contribution in [0, 0.1) is 11.3 Å². The van der Waals surface area contributed by atoms with Crippen LogP contribution in [0.25, 0.3) is 0 Å². The van der Waals surface area contributed by atoms with Gasteiger partial charge in [-0.1, -0.05) is 6.07 Å². The third kappa shape index (κ3) is 3.71. The summed E-state index contributed by atoms with van der Waals surface area (Å²) < 4.78 is 0. The first-order valence-corrected chi connectivity index (χ1v) is 4.91. The number of rotatable bonds is 2. The number of nitriles is 1. The van der Waals surface area contributed by atoms with Gasteiger partial charge in [-0.25, -0.2) is 5.48 Å². The molecule has 1 amide bonds. The highest BCUT2D eigenvalue weighted by Crippen LogP contribution is 2.07. The summed E-state index contributed by atoms with van der Waals surface area (Å²) in [4.78, 5) is 16.8. The predicted octanol–water partition coefficient (Wildman–Crippen LogP) is 2.02. The lowest BCUT2D eigenvalue weighted by atomic mass is 10.1. The van der Waals surface area contributed by atoms with E-state index in [-0.39, 0.29) is 5.91 Å². The summed E-state index contributed by atoms with van der Waals surface area (Å²) in [6.45, 7) is 5.50. The van der Waals surface area contributed by atoms with Crippen LogP contribution in [-0.4, -0.2) is 11.5 Å². The number of hydrogen-bond acceptors (Lipinski definition) is 3. The van der Waals surface area contributed by atoms with Crippen LogP contribution in [0.1, 0.15) is 36.7 Å². The molecule has 0 heterocycles. The minimum Gasteiger partial charge on any atom is -0.268 e. The van der Waals surface area contributed by atoms with Crippen molar-refractivity contribution in [2.75, 3.05) is 0 Å². The van der Waals surface area contributed by atoms with Gasteiger partial charge in [0.2, 0.25) is 0 Å². The van der Waals surface area contributed by atoms with Crippen molar-refractivity contribution in [1.82, 2.24) is 5.48 Å². The van der Waals surface area contributed by atoms with Crippen LogP contribution in [0.3, 0.4) is 0 Å². The van der Waals surface area contributed by atoms with Crippen molar-refractivity contribution in [3.8, 4) is 6.07 Å². The number of carbonyl (C=O) groups excluding carboxylic acids is 1. The van der Waals surface area contributed by atoms with Gasteiger partial charge in [-0.2, -0.15) is 5.26 Å². The number of benzene rings is 1. The molecule has 0 atom stereocenters. The first-order chi connectivity index (χ1) is 7.42.